The first-order chi connectivity index (χ1) is 14.9. The highest BCUT2D eigenvalue weighted by atomic mass is 35.6. The molecule has 2 heterocycles. The van der Waals surface area contributed by atoms with E-state index in [-0.39, 0.29) is 6.61 Å². The number of carbonyl (C=O) groups excluding carboxylic acids is 4. The summed E-state index contributed by atoms with van der Waals surface area (Å²) in [6, 6.07) is 8.06. The van der Waals surface area contributed by atoms with Gasteiger partial charge in [0.15, 0.2) is 0 Å². The maximum atomic E-state index is 13.4. The highest BCUT2D eigenvalue weighted by molar-refractivity contribution is 8.01. The predicted molar refractivity (Wildman–Crippen MR) is 119 cm³/mol. The number of β-lactam (4-membered cyclic amide) rings is 1. The smallest absolute Gasteiger partial charge is 0.409 e. The molecule has 0 unspecified atom stereocenters. The lowest BCUT2D eigenvalue weighted by molar-refractivity contribution is -0.178. The molecule has 9 nitrogen and oxygen atoms in total. The number of benzene rings is 1. The third-order valence-electron chi connectivity index (χ3n) is 5.10. The van der Waals surface area contributed by atoms with Crippen molar-refractivity contribution in [3.05, 3.63) is 35.9 Å². The number of thioether (sulfide) groups is 1. The summed E-state index contributed by atoms with van der Waals surface area (Å²) in [5, 5.41) is 4.29. The normalized spacial score (nSPS) is 25.9. The minimum Gasteiger partial charge on any atom is -0.458 e. The number of ether oxygens (including phenoxy) is 2. The molecule has 0 aliphatic carbocycles. The lowest BCUT2D eigenvalue weighted by atomic mass is 9.88. The van der Waals surface area contributed by atoms with Crippen molar-refractivity contribution in [2.75, 3.05) is 6.61 Å². The van der Waals surface area contributed by atoms with Crippen molar-refractivity contribution < 1.29 is 28.7 Å². The summed E-state index contributed by atoms with van der Waals surface area (Å²) in [5.41, 5.74) is -1.22. The molecule has 32 heavy (non-hydrogen) atoms. The van der Waals surface area contributed by atoms with Crippen molar-refractivity contribution in [2.45, 2.75) is 46.1 Å². The number of hydrogen-bond donors (Lipinski definition) is 2. The van der Waals surface area contributed by atoms with Crippen LogP contribution in [-0.2, 0) is 30.5 Å². The molecule has 3 amide bonds. The Labute approximate surface area is 203 Å². The Morgan fingerprint density at radius 2 is 1.88 bits per heavy atom. The first-order valence-corrected chi connectivity index (χ1v) is 11.4. The van der Waals surface area contributed by atoms with Crippen LogP contribution in [0.3, 0.4) is 0 Å². The molecule has 1 aromatic carbocycles. The molecule has 2 fully saturated rings. The number of halogens is 3. The van der Waals surface area contributed by atoms with Crippen LogP contribution in [0, 0.1) is 0 Å². The maximum absolute atomic E-state index is 13.4. The molecule has 0 saturated carbocycles. The second kappa shape index (κ2) is 9.17. The van der Waals surface area contributed by atoms with Gasteiger partial charge in [-0.1, -0.05) is 65.1 Å². The van der Waals surface area contributed by atoms with Crippen LogP contribution in [0.4, 0.5) is 4.79 Å². The van der Waals surface area contributed by atoms with E-state index in [4.69, 9.17) is 44.3 Å². The van der Waals surface area contributed by atoms with Crippen molar-refractivity contribution in [3.63, 3.8) is 0 Å². The molecule has 3 atom stereocenters. The predicted octanol–water partition coefficient (Wildman–Crippen LogP) is 2.33. The van der Waals surface area contributed by atoms with E-state index in [1.54, 1.807) is 38.1 Å². The van der Waals surface area contributed by atoms with E-state index in [9.17, 15) is 19.2 Å². The second-order valence-corrected chi connectivity index (χ2v) is 11.8. The molecule has 3 rings (SSSR count). The van der Waals surface area contributed by atoms with Gasteiger partial charge in [0.1, 0.15) is 24.6 Å². The summed E-state index contributed by atoms with van der Waals surface area (Å²) in [6.45, 7) is 2.66. The highest BCUT2D eigenvalue weighted by Gasteiger charge is 2.74. The molecule has 1 aromatic rings. The SMILES string of the molecule is CC1(C)S[C@@H]2[C@H](NC=O)C(=O)N2[C@@]1(NC(=O)OCC(Cl)(Cl)Cl)C(=O)OCc1ccccc1. The van der Waals surface area contributed by atoms with Crippen LogP contribution in [0.25, 0.3) is 0 Å². The van der Waals surface area contributed by atoms with Crippen molar-refractivity contribution in [2.24, 2.45) is 0 Å². The van der Waals surface area contributed by atoms with Gasteiger partial charge in [0.05, 0.1) is 4.75 Å². The number of fused-ring (bicyclic) bond motifs is 1. The molecule has 0 spiro atoms. The number of rotatable bonds is 7. The monoisotopic (exact) mass is 523 g/mol. The Morgan fingerprint density at radius 3 is 2.47 bits per heavy atom. The Kier molecular flexibility index (Phi) is 7.09. The van der Waals surface area contributed by atoms with Crippen LogP contribution in [0.2, 0.25) is 0 Å². The van der Waals surface area contributed by atoms with Gasteiger partial charge in [-0.15, -0.1) is 11.8 Å². The topological polar surface area (TPSA) is 114 Å². The van der Waals surface area contributed by atoms with E-state index in [1.165, 1.54) is 16.7 Å². The molecule has 2 aliphatic heterocycles. The van der Waals surface area contributed by atoms with Gasteiger partial charge in [0, 0.05) is 0 Å². The quantitative estimate of drug-likeness (QED) is 0.243. The molecule has 174 valence electrons. The number of nitrogens with zero attached hydrogens (tertiary/aromatic N) is 1. The molecule has 2 N–H and O–H groups in total. The number of hydrogen-bond acceptors (Lipinski definition) is 7. The fourth-order valence-electron chi connectivity index (χ4n) is 3.61. The summed E-state index contributed by atoms with van der Waals surface area (Å²) >= 11 is 18.1. The van der Waals surface area contributed by atoms with Crippen LogP contribution in [0.1, 0.15) is 19.4 Å². The minimum atomic E-state index is -1.93. The third kappa shape index (κ3) is 4.59. The van der Waals surface area contributed by atoms with Crippen molar-refractivity contribution in [1.82, 2.24) is 15.5 Å². The van der Waals surface area contributed by atoms with E-state index in [1.807, 2.05) is 6.07 Å². The van der Waals surface area contributed by atoms with E-state index < -0.39 is 50.2 Å². The van der Waals surface area contributed by atoms with Crippen LogP contribution in [0.5, 0.6) is 0 Å². The van der Waals surface area contributed by atoms with Gasteiger partial charge in [-0.25, -0.2) is 9.59 Å². The molecule has 0 aromatic heterocycles. The molecular weight excluding hydrogens is 505 g/mol. The second-order valence-electron chi connectivity index (χ2n) is 7.58. The van der Waals surface area contributed by atoms with E-state index in [0.29, 0.717) is 12.0 Å². The van der Waals surface area contributed by atoms with Gasteiger partial charge in [-0.05, 0) is 19.4 Å². The molecular formula is C19H20Cl3N3O6S. The number of alkyl carbamates (subject to hydrolysis) is 1. The molecule has 0 bridgehead atoms. The lowest BCUT2D eigenvalue weighted by Crippen LogP contribution is -2.80. The maximum Gasteiger partial charge on any atom is 0.409 e. The summed E-state index contributed by atoms with van der Waals surface area (Å²) in [4.78, 5) is 50.9. The number of nitrogens with one attached hydrogen (secondary N) is 2. The standard InChI is InChI=1S/C19H20Cl3N3O6S/c1-17(2)19(24-16(29)31-9-18(20,21)22,15(28)30-8-11-6-4-3-5-7-11)25-13(27)12(23-10-26)14(25)32-17/h3-7,10,12,14H,8-9H2,1-2H3,(H,23,26)(H,24,29)/t12-,14-,19+/m1/s1. The molecule has 2 saturated heterocycles. The van der Waals surface area contributed by atoms with Gasteiger partial charge in [-0.2, -0.15) is 0 Å². The number of amides is 3. The van der Waals surface area contributed by atoms with Crippen LogP contribution < -0.4 is 10.6 Å². The molecule has 13 heteroatoms. The zero-order valence-electron chi connectivity index (χ0n) is 17.0. The minimum absolute atomic E-state index is 0.0875. The zero-order chi connectivity index (χ0) is 23.7. The summed E-state index contributed by atoms with van der Waals surface area (Å²) in [5.74, 6) is -1.43. The average Bonchev–Trinajstić information content (AvgIpc) is 2.93. The van der Waals surface area contributed by atoms with E-state index in [0.717, 1.165) is 0 Å². The van der Waals surface area contributed by atoms with Crippen molar-refractivity contribution in [3.8, 4) is 0 Å². The van der Waals surface area contributed by atoms with Gasteiger partial charge < -0.3 is 14.8 Å². The Bertz CT molecular complexity index is 913. The summed E-state index contributed by atoms with van der Waals surface area (Å²) in [7, 11) is 0. The fraction of sp³-hybridized carbons (Fsp3) is 0.474. The van der Waals surface area contributed by atoms with Crippen molar-refractivity contribution >= 4 is 70.9 Å². The third-order valence-corrected chi connectivity index (χ3v) is 7.03. The number of carbonyl (C=O) groups is 4. The van der Waals surface area contributed by atoms with Gasteiger partial charge in [0.2, 0.25) is 15.9 Å². The van der Waals surface area contributed by atoms with Crippen molar-refractivity contribution in [1.29, 1.82) is 0 Å². The van der Waals surface area contributed by atoms with Gasteiger partial charge in [0.25, 0.3) is 5.91 Å². The summed E-state index contributed by atoms with van der Waals surface area (Å²) < 4.78 is 7.51. The highest BCUT2D eigenvalue weighted by Crippen LogP contribution is 2.56. The Balaban J connectivity index is 1.90. The lowest BCUT2D eigenvalue weighted by Gasteiger charge is -2.49. The van der Waals surface area contributed by atoms with E-state index >= 15 is 0 Å². The Hall–Kier alpha value is -1.88. The van der Waals surface area contributed by atoms with Crippen LogP contribution >= 0.6 is 46.6 Å². The van der Waals surface area contributed by atoms with E-state index in [2.05, 4.69) is 10.6 Å². The molecule has 2 aliphatic rings. The first-order valence-electron chi connectivity index (χ1n) is 9.36. The van der Waals surface area contributed by atoms with Gasteiger partial charge >= 0.3 is 12.1 Å². The number of alkyl halides is 3. The van der Waals surface area contributed by atoms with Crippen LogP contribution in [-0.4, -0.2) is 61.5 Å². The fourth-order valence-corrected chi connectivity index (χ4v) is 5.48. The van der Waals surface area contributed by atoms with Gasteiger partial charge in [-0.3, -0.25) is 19.8 Å². The Morgan fingerprint density at radius 1 is 1.22 bits per heavy atom. The first kappa shape index (κ1) is 24.8. The number of esters is 1. The zero-order valence-corrected chi connectivity index (χ0v) is 20.1. The average molecular weight is 525 g/mol. The summed E-state index contributed by atoms with van der Waals surface area (Å²) in [6.07, 6.45) is -0.675. The largest absolute Gasteiger partial charge is 0.458 e. The molecule has 0 radical (unpaired) electrons. The van der Waals surface area contributed by atoms with Crippen LogP contribution in [0.15, 0.2) is 30.3 Å².